The highest BCUT2D eigenvalue weighted by atomic mass is 16.3. The van der Waals surface area contributed by atoms with Gasteiger partial charge in [0.1, 0.15) is 6.54 Å². The van der Waals surface area contributed by atoms with Crippen molar-refractivity contribution in [3.8, 4) is 0 Å². The summed E-state index contributed by atoms with van der Waals surface area (Å²) in [6, 6.07) is 7.30. The lowest BCUT2D eigenvalue weighted by Crippen LogP contribution is -2.34. The Balaban J connectivity index is 1.99. The summed E-state index contributed by atoms with van der Waals surface area (Å²) >= 11 is 0. The van der Waals surface area contributed by atoms with Crippen LogP contribution in [0.3, 0.4) is 0 Å². The zero-order valence-electron chi connectivity index (χ0n) is 12.8. The summed E-state index contributed by atoms with van der Waals surface area (Å²) in [6.45, 7) is 2.74. The van der Waals surface area contributed by atoms with Gasteiger partial charge in [0.15, 0.2) is 0 Å². The number of aromatic nitrogens is 2. The molecule has 1 unspecified atom stereocenters. The number of hydrogen-bond acceptors (Lipinski definition) is 3. The van der Waals surface area contributed by atoms with Crippen LogP contribution in [0.4, 0.5) is 0 Å². The van der Waals surface area contributed by atoms with E-state index in [1.165, 1.54) is 4.57 Å². The number of carbonyl (C=O) groups is 1. The number of aliphatic hydroxyl groups is 1. The summed E-state index contributed by atoms with van der Waals surface area (Å²) in [6.07, 6.45) is 2.66. The average molecular weight is 305 g/mol. The van der Waals surface area contributed by atoms with Crippen molar-refractivity contribution in [1.82, 2.24) is 14.9 Å². The standard InChI is InChI=1S/C16H23N3O3/c1-2-5-12(8-9-20)10-17-15(21)11-19-14-7-4-3-6-13(14)18-16(19)22/h3-4,6-7,12,20H,2,5,8-11H2,1H3,(H,17,21)(H,18,22). The molecule has 0 saturated carbocycles. The van der Waals surface area contributed by atoms with Crippen molar-refractivity contribution in [2.45, 2.75) is 32.7 Å². The summed E-state index contributed by atoms with van der Waals surface area (Å²) in [5.41, 5.74) is 1.17. The van der Waals surface area contributed by atoms with Crippen molar-refractivity contribution in [3.63, 3.8) is 0 Å². The van der Waals surface area contributed by atoms with E-state index in [1.807, 2.05) is 24.3 Å². The largest absolute Gasteiger partial charge is 0.396 e. The molecule has 6 nitrogen and oxygen atoms in total. The van der Waals surface area contributed by atoms with Crippen LogP contribution in [0.5, 0.6) is 0 Å². The van der Waals surface area contributed by atoms with Crippen LogP contribution >= 0.6 is 0 Å². The third-order valence-electron chi connectivity index (χ3n) is 3.81. The Kier molecular flexibility index (Phi) is 5.77. The second-order valence-electron chi connectivity index (χ2n) is 5.50. The van der Waals surface area contributed by atoms with Gasteiger partial charge in [-0.05, 0) is 30.9 Å². The maximum Gasteiger partial charge on any atom is 0.326 e. The first-order valence-electron chi connectivity index (χ1n) is 7.70. The van der Waals surface area contributed by atoms with Crippen LogP contribution < -0.4 is 11.0 Å². The molecule has 1 atom stereocenters. The van der Waals surface area contributed by atoms with E-state index in [2.05, 4.69) is 17.2 Å². The first-order chi connectivity index (χ1) is 10.7. The minimum absolute atomic E-state index is 0.000810. The number of aliphatic hydroxyl groups excluding tert-OH is 1. The number of aromatic amines is 1. The maximum absolute atomic E-state index is 12.1. The van der Waals surface area contributed by atoms with E-state index in [-0.39, 0.29) is 30.7 Å². The Bertz CT molecular complexity index is 669. The van der Waals surface area contributed by atoms with Crippen molar-refractivity contribution in [2.75, 3.05) is 13.2 Å². The van der Waals surface area contributed by atoms with Crippen LogP contribution in [0.1, 0.15) is 26.2 Å². The Morgan fingerprint density at radius 1 is 1.36 bits per heavy atom. The van der Waals surface area contributed by atoms with Gasteiger partial charge >= 0.3 is 5.69 Å². The normalized spacial score (nSPS) is 12.5. The molecule has 1 amide bonds. The van der Waals surface area contributed by atoms with Crippen molar-refractivity contribution in [1.29, 1.82) is 0 Å². The monoisotopic (exact) mass is 305 g/mol. The molecular formula is C16H23N3O3. The number of carbonyl (C=O) groups excluding carboxylic acids is 1. The summed E-state index contributed by atoms with van der Waals surface area (Å²) < 4.78 is 1.44. The van der Waals surface area contributed by atoms with E-state index in [4.69, 9.17) is 5.11 Å². The van der Waals surface area contributed by atoms with Gasteiger partial charge in [-0.1, -0.05) is 25.5 Å². The van der Waals surface area contributed by atoms with Gasteiger partial charge < -0.3 is 15.4 Å². The van der Waals surface area contributed by atoms with E-state index in [0.29, 0.717) is 13.0 Å². The van der Waals surface area contributed by atoms with Crippen LogP contribution in [-0.4, -0.2) is 33.7 Å². The molecule has 0 aliphatic rings. The fourth-order valence-corrected chi connectivity index (χ4v) is 2.66. The van der Waals surface area contributed by atoms with Crippen molar-refractivity contribution >= 4 is 16.9 Å². The molecule has 2 aromatic rings. The number of amides is 1. The van der Waals surface area contributed by atoms with E-state index >= 15 is 0 Å². The van der Waals surface area contributed by atoms with Gasteiger partial charge in [-0.25, -0.2) is 4.79 Å². The molecule has 120 valence electrons. The van der Waals surface area contributed by atoms with Crippen LogP contribution in [0.15, 0.2) is 29.1 Å². The van der Waals surface area contributed by atoms with E-state index < -0.39 is 0 Å². The van der Waals surface area contributed by atoms with Gasteiger partial charge in [-0.3, -0.25) is 9.36 Å². The lowest BCUT2D eigenvalue weighted by Gasteiger charge is -2.15. The predicted molar refractivity (Wildman–Crippen MR) is 85.7 cm³/mol. The van der Waals surface area contributed by atoms with Crippen LogP contribution in [0, 0.1) is 5.92 Å². The van der Waals surface area contributed by atoms with Crippen LogP contribution in [0.25, 0.3) is 11.0 Å². The third kappa shape index (κ3) is 3.98. The Labute approximate surface area is 129 Å². The molecule has 1 heterocycles. The zero-order chi connectivity index (χ0) is 15.9. The van der Waals surface area contributed by atoms with E-state index in [1.54, 1.807) is 0 Å². The average Bonchev–Trinajstić information content (AvgIpc) is 2.81. The number of hydrogen-bond donors (Lipinski definition) is 3. The number of benzene rings is 1. The molecular weight excluding hydrogens is 282 g/mol. The third-order valence-corrected chi connectivity index (χ3v) is 3.81. The molecule has 0 fully saturated rings. The Hall–Kier alpha value is -2.08. The second-order valence-corrected chi connectivity index (χ2v) is 5.50. The molecule has 2 rings (SSSR count). The molecule has 22 heavy (non-hydrogen) atoms. The highest BCUT2D eigenvalue weighted by molar-refractivity contribution is 5.80. The highest BCUT2D eigenvalue weighted by Crippen LogP contribution is 2.10. The number of imidazole rings is 1. The lowest BCUT2D eigenvalue weighted by molar-refractivity contribution is -0.121. The van der Waals surface area contributed by atoms with E-state index in [9.17, 15) is 9.59 Å². The molecule has 0 spiro atoms. The Morgan fingerprint density at radius 2 is 2.14 bits per heavy atom. The molecule has 6 heteroatoms. The number of para-hydroxylation sites is 2. The van der Waals surface area contributed by atoms with Crippen molar-refractivity contribution in [3.05, 3.63) is 34.7 Å². The minimum atomic E-state index is -0.281. The highest BCUT2D eigenvalue weighted by Gasteiger charge is 2.12. The fourth-order valence-electron chi connectivity index (χ4n) is 2.66. The van der Waals surface area contributed by atoms with Gasteiger partial charge in [0.2, 0.25) is 5.91 Å². The Morgan fingerprint density at radius 3 is 2.86 bits per heavy atom. The SMILES string of the molecule is CCCC(CCO)CNC(=O)Cn1c(=O)[nH]c2ccccc21. The van der Waals surface area contributed by atoms with Gasteiger partial charge in [-0.15, -0.1) is 0 Å². The number of nitrogens with zero attached hydrogens (tertiary/aromatic N) is 1. The van der Waals surface area contributed by atoms with Gasteiger partial charge in [0.05, 0.1) is 11.0 Å². The van der Waals surface area contributed by atoms with Gasteiger partial charge in [-0.2, -0.15) is 0 Å². The first-order valence-corrected chi connectivity index (χ1v) is 7.70. The van der Waals surface area contributed by atoms with Gasteiger partial charge in [0, 0.05) is 13.2 Å². The molecule has 1 aromatic carbocycles. The smallest absolute Gasteiger partial charge is 0.326 e. The molecule has 0 aliphatic heterocycles. The molecule has 0 bridgehead atoms. The van der Waals surface area contributed by atoms with Crippen LogP contribution in [0.2, 0.25) is 0 Å². The molecule has 3 N–H and O–H groups in total. The molecule has 0 saturated heterocycles. The summed E-state index contributed by atoms with van der Waals surface area (Å²) in [7, 11) is 0. The quantitative estimate of drug-likeness (QED) is 0.686. The first kappa shape index (κ1) is 16.3. The topological polar surface area (TPSA) is 87.1 Å². The number of nitrogens with one attached hydrogen (secondary N) is 2. The predicted octanol–water partition coefficient (Wildman–Crippen LogP) is 1.24. The van der Waals surface area contributed by atoms with Crippen molar-refractivity contribution < 1.29 is 9.90 Å². The number of fused-ring (bicyclic) bond motifs is 1. The molecule has 0 aliphatic carbocycles. The summed E-state index contributed by atoms with van der Waals surface area (Å²) in [5.74, 6) is 0.0875. The number of rotatable bonds is 8. The summed E-state index contributed by atoms with van der Waals surface area (Å²) in [5, 5.41) is 11.9. The zero-order valence-corrected chi connectivity index (χ0v) is 12.8. The maximum atomic E-state index is 12.1. The molecule has 1 aromatic heterocycles. The van der Waals surface area contributed by atoms with Gasteiger partial charge in [0.25, 0.3) is 0 Å². The number of H-pyrrole nitrogens is 1. The second kappa shape index (κ2) is 7.79. The van der Waals surface area contributed by atoms with E-state index in [0.717, 1.165) is 23.9 Å². The van der Waals surface area contributed by atoms with Crippen molar-refractivity contribution in [2.24, 2.45) is 5.92 Å². The summed E-state index contributed by atoms with van der Waals surface area (Å²) in [4.78, 5) is 26.7. The lowest BCUT2D eigenvalue weighted by atomic mass is 10.0. The molecule has 0 radical (unpaired) electrons. The van der Waals surface area contributed by atoms with Crippen LogP contribution in [-0.2, 0) is 11.3 Å². The minimum Gasteiger partial charge on any atom is -0.396 e. The fraction of sp³-hybridized carbons (Fsp3) is 0.500.